The minimum absolute atomic E-state index is 0.723. The van der Waals surface area contributed by atoms with E-state index in [-0.39, 0.29) is 0 Å². The molecule has 1 saturated heterocycles. The Labute approximate surface area is 171 Å². The lowest BCUT2D eigenvalue weighted by molar-refractivity contribution is 0.194. The van der Waals surface area contributed by atoms with Crippen LogP contribution in [0.25, 0.3) is 11.4 Å². The number of aromatic nitrogens is 4. The minimum atomic E-state index is 0.723. The maximum absolute atomic E-state index is 5.74. The van der Waals surface area contributed by atoms with Gasteiger partial charge in [0.15, 0.2) is 10.6 Å². The zero-order valence-electron chi connectivity index (χ0n) is 16.5. The number of piperazine rings is 1. The van der Waals surface area contributed by atoms with Crippen LogP contribution < -0.4 is 4.90 Å². The number of anilines is 1. The van der Waals surface area contributed by atoms with Crippen LogP contribution >= 0.6 is 12.2 Å². The van der Waals surface area contributed by atoms with E-state index in [1.807, 2.05) is 23.0 Å². The monoisotopic (exact) mass is 394 g/mol. The summed E-state index contributed by atoms with van der Waals surface area (Å²) in [4.78, 5) is 9.20. The van der Waals surface area contributed by atoms with Crippen molar-refractivity contribution in [3.63, 3.8) is 0 Å². The number of nitrogens with zero attached hydrogens (tertiary/aromatic N) is 6. The summed E-state index contributed by atoms with van der Waals surface area (Å²) in [6.07, 6.45) is 1.85. The zero-order chi connectivity index (χ0) is 19.5. The Hall–Kier alpha value is -2.51. The van der Waals surface area contributed by atoms with Gasteiger partial charge in [-0.2, -0.15) is 5.10 Å². The first-order valence-corrected chi connectivity index (χ1v) is 10.2. The van der Waals surface area contributed by atoms with Crippen molar-refractivity contribution in [2.24, 2.45) is 0 Å². The molecule has 3 aromatic rings. The average molecular weight is 395 g/mol. The Kier molecular flexibility index (Phi) is 5.54. The molecule has 7 heteroatoms. The van der Waals surface area contributed by atoms with Gasteiger partial charge in [-0.3, -0.25) is 4.90 Å². The second-order valence-electron chi connectivity index (χ2n) is 7.10. The highest BCUT2D eigenvalue weighted by Crippen LogP contribution is 2.22. The lowest BCUT2D eigenvalue weighted by Crippen LogP contribution is -2.47. The molecule has 2 aromatic heterocycles. The number of hydrogen-bond acceptors (Lipinski definition) is 5. The molecule has 1 aliphatic heterocycles. The van der Waals surface area contributed by atoms with E-state index in [0.29, 0.717) is 0 Å². The van der Waals surface area contributed by atoms with Gasteiger partial charge >= 0.3 is 0 Å². The summed E-state index contributed by atoms with van der Waals surface area (Å²) in [5, 5.41) is 4.89. The molecule has 4 rings (SSSR count). The molecule has 6 nitrogen and oxygen atoms in total. The van der Waals surface area contributed by atoms with Gasteiger partial charge in [0.2, 0.25) is 0 Å². The van der Waals surface area contributed by atoms with Gasteiger partial charge in [0, 0.05) is 44.5 Å². The molecule has 0 unspecified atom stereocenters. The van der Waals surface area contributed by atoms with Crippen molar-refractivity contribution in [1.29, 1.82) is 0 Å². The summed E-state index contributed by atoms with van der Waals surface area (Å²) in [7, 11) is 0. The SMILES string of the molecule is CCn1c(-c2ccccc2C)nn(CN2CCN(c3ccccn3)CC2)c1=S. The number of pyridine rings is 1. The molecule has 28 heavy (non-hydrogen) atoms. The summed E-state index contributed by atoms with van der Waals surface area (Å²) in [6.45, 7) is 9.64. The summed E-state index contributed by atoms with van der Waals surface area (Å²) in [5.74, 6) is 2.01. The molecule has 1 aliphatic rings. The molecular weight excluding hydrogens is 368 g/mol. The van der Waals surface area contributed by atoms with Gasteiger partial charge in [-0.15, -0.1) is 0 Å². The van der Waals surface area contributed by atoms with E-state index in [2.05, 4.69) is 63.5 Å². The summed E-state index contributed by atoms with van der Waals surface area (Å²) < 4.78 is 4.88. The molecule has 0 bridgehead atoms. The topological polar surface area (TPSA) is 42.1 Å². The Morgan fingerprint density at radius 2 is 1.75 bits per heavy atom. The fraction of sp³-hybridized carbons (Fsp3) is 0.381. The lowest BCUT2D eigenvalue weighted by Gasteiger charge is -2.35. The molecular formula is C21H26N6S. The van der Waals surface area contributed by atoms with Crippen molar-refractivity contribution in [3.05, 3.63) is 59.0 Å². The lowest BCUT2D eigenvalue weighted by atomic mass is 10.1. The van der Waals surface area contributed by atoms with Crippen LogP contribution in [0.2, 0.25) is 0 Å². The van der Waals surface area contributed by atoms with Crippen molar-refractivity contribution in [2.75, 3.05) is 31.1 Å². The minimum Gasteiger partial charge on any atom is -0.354 e. The van der Waals surface area contributed by atoms with E-state index in [4.69, 9.17) is 17.3 Å². The maximum atomic E-state index is 5.74. The smallest absolute Gasteiger partial charge is 0.199 e. The van der Waals surface area contributed by atoms with E-state index in [9.17, 15) is 0 Å². The molecule has 0 radical (unpaired) electrons. The van der Waals surface area contributed by atoms with E-state index in [1.165, 1.54) is 5.56 Å². The van der Waals surface area contributed by atoms with E-state index >= 15 is 0 Å². The molecule has 0 spiro atoms. The average Bonchev–Trinajstić information content (AvgIpc) is 3.04. The van der Waals surface area contributed by atoms with Crippen LogP contribution in [0.5, 0.6) is 0 Å². The number of aryl methyl sites for hydroxylation is 1. The van der Waals surface area contributed by atoms with Gasteiger partial charge in [0.05, 0.1) is 6.67 Å². The molecule has 0 atom stereocenters. The van der Waals surface area contributed by atoms with Gasteiger partial charge < -0.3 is 9.47 Å². The first-order valence-electron chi connectivity index (χ1n) is 9.79. The van der Waals surface area contributed by atoms with Gasteiger partial charge in [-0.05, 0) is 43.8 Å². The Bertz CT molecular complexity index is 986. The van der Waals surface area contributed by atoms with Crippen molar-refractivity contribution in [2.45, 2.75) is 27.1 Å². The fourth-order valence-electron chi connectivity index (χ4n) is 3.69. The molecule has 0 saturated carbocycles. The summed E-state index contributed by atoms with van der Waals surface area (Å²) in [5.41, 5.74) is 2.36. The fourth-order valence-corrected chi connectivity index (χ4v) is 4.00. The second kappa shape index (κ2) is 8.24. The highest BCUT2D eigenvalue weighted by molar-refractivity contribution is 7.71. The highest BCUT2D eigenvalue weighted by Gasteiger charge is 2.20. The predicted molar refractivity (Wildman–Crippen MR) is 115 cm³/mol. The van der Waals surface area contributed by atoms with Crippen LogP contribution in [-0.4, -0.2) is 50.4 Å². The molecule has 0 N–H and O–H groups in total. The van der Waals surface area contributed by atoms with Crippen molar-refractivity contribution < 1.29 is 0 Å². The Balaban J connectivity index is 1.50. The predicted octanol–water partition coefficient (Wildman–Crippen LogP) is 3.58. The number of hydrogen-bond donors (Lipinski definition) is 0. The van der Waals surface area contributed by atoms with Crippen LogP contribution in [0.15, 0.2) is 48.7 Å². The van der Waals surface area contributed by atoms with Gasteiger partial charge in [-0.1, -0.05) is 30.3 Å². The molecule has 3 heterocycles. The summed E-state index contributed by atoms with van der Waals surface area (Å²) in [6, 6.07) is 14.4. The van der Waals surface area contributed by atoms with E-state index in [1.54, 1.807) is 0 Å². The molecule has 0 aliphatic carbocycles. The first kappa shape index (κ1) is 18.8. The first-order chi connectivity index (χ1) is 13.7. The standard InChI is InChI=1S/C21H26N6S/c1-3-26-20(18-9-5-4-8-17(18)2)23-27(21(26)28)16-24-12-14-25(15-13-24)19-10-6-7-11-22-19/h4-11H,3,12-16H2,1-2H3. The quantitative estimate of drug-likeness (QED) is 0.619. The van der Waals surface area contributed by atoms with Crippen LogP contribution in [0.4, 0.5) is 5.82 Å². The van der Waals surface area contributed by atoms with Crippen LogP contribution in [0, 0.1) is 11.7 Å². The second-order valence-corrected chi connectivity index (χ2v) is 7.46. The van der Waals surface area contributed by atoms with Crippen molar-refractivity contribution in [3.8, 4) is 11.4 Å². The normalized spacial score (nSPS) is 15.1. The Morgan fingerprint density at radius 1 is 1.00 bits per heavy atom. The third kappa shape index (κ3) is 3.72. The Morgan fingerprint density at radius 3 is 2.43 bits per heavy atom. The largest absolute Gasteiger partial charge is 0.354 e. The van der Waals surface area contributed by atoms with E-state index in [0.717, 1.165) is 61.4 Å². The van der Waals surface area contributed by atoms with Gasteiger partial charge in [-0.25, -0.2) is 9.67 Å². The third-order valence-electron chi connectivity index (χ3n) is 5.30. The van der Waals surface area contributed by atoms with Crippen molar-refractivity contribution in [1.82, 2.24) is 24.2 Å². The number of benzene rings is 1. The number of rotatable bonds is 5. The van der Waals surface area contributed by atoms with Gasteiger partial charge in [0.25, 0.3) is 0 Å². The maximum Gasteiger partial charge on any atom is 0.199 e. The molecule has 146 valence electrons. The highest BCUT2D eigenvalue weighted by atomic mass is 32.1. The third-order valence-corrected chi connectivity index (χ3v) is 5.74. The molecule has 1 aromatic carbocycles. The summed E-state index contributed by atoms with van der Waals surface area (Å²) >= 11 is 5.74. The van der Waals surface area contributed by atoms with Crippen LogP contribution in [0.1, 0.15) is 12.5 Å². The zero-order valence-corrected chi connectivity index (χ0v) is 17.3. The van der Waals surface area contributed by atoms with E-state index < -0.39 is 0 Å². The van der Waals surface area contributed by atoms with Crippen LogP contribution in [-0.2, 0) is 13.2 Å². The molecule has 1 fully saturated rings. The van der Waals surface area contributed by atoms with Crippen molar-refractivity contribution >= 4 is 18.0 Å². The molecule has 0 amide bonds. The van der Waals surface area contributed by atoms with Gasteiger partial charge in [0.1, 0.15) is 5.82 Å². The van der Waals surface area contributed by atoms with Crippen LogP contribution in [0.3, 0.4) is 0 Å².